The van der Waals surface area contributed by atoms with E-state index in [0.29, 0.717) is 0 Å². The summed E-state index contributed by atoms with van der Waals surface area (Å²) in [6.45, 7) is 5.35. The lowest BCUT2D eigenvalue weighted by Gasteiger charge is -2.22. The van der Waals surface area contributed by atoms with E-state index in [9.17, 15) is 0 Å². The molecule has 0 fully saturated rings. The molecule has 31 heavy (non-hydrogen) atoms. The van der Waals surface area contributed by atoms with Crippen LogP contribution in [0.25, 0.3) is 11.1 Å². The van der Waals surface area contributed by atoms with Crippen LogP contribution in [0.2, 0.25) is 0 Å². The summed E-state index contributed by atoms with van der Waals surface area (Å²) in [4.78, 5) is 2.87. The molecular formula is C29H34OS. The van der Waals surface area contributed by atoms with Crippen LogP contribution in [0.5, 0.6) is 5.75 Å². The molecule has 0 saturated heterocycles. The van der Waals surface area contributed by atoms with Gasteiger partial charge in [0.15, 0.2) is 0 Å². The molecule has 0 radical (unpaired) electrons. The second-order valence-electron chi connectivity index (χ2n) is 8.50. The van der Waals surface area contributed by atoms with Crippen LogP contribution in [0.4, 0.5) is 0 Å². The zero-order valence-electron chi connectivity index (χ0n) is 19.0. The molecule has 2 heteroatoms. The van der Waals surface area contributed by atoms with Gasteiger partial charge in [0.05, 0.1) is 6.61 Å². The Bertz CT molecular complexity index is 990. The van der Waals surface area contributed by atoms with Gasteiger partial charge in [-0.3, -0.25) is 0 Å². The monoisotopic (exact) mass is 430 g/mol. The van der Waals surface area contributed by atoms with E-state index in [1.54, 1.807) is 0 Å². The predicted molar refractivity (Wildman–Crippen MR) is 133 cm³/mol. The Kier molecular flexibility index (Phi) is 7.75. The summed E-state index contributed by atoms with van der Waals surface area (Å²) in [6, 6.07) is 22.3. The number of unbranched alkanes of at least 4 members (excludes halogenated alkanes) is 5. The Balaban J connectivity index is 1.42. The van der Waals surface area contributed by atoms with Gasteiger partial charge in [-0.15, -0.1) is 0 Å². The molecule has 3 aromatic rings. The molecule has 1 aliphatic rings. The van der Waals surface area contributed by atoms with Crippen molar-refractivity contribution >= 4 is 11.8 Å². The average Bonchev–Trinajstić information content (AvgIpc) is 2.82. The van der Waals surface area contributed by atoms with E-state index >= 15 is 0 Å². The maximum absolute atomic E-state index is 5.97. The molecule has 0 amide bonds. The Hall–Kier alpha value is -2.19. The molecule has 0 saturated carbocycles. The Morgan fingerprint density at radius 2 is 1.55 bits per heavy atom. The van der Waals surface area contributed by atoms with Gasteiger partial charge >= 0.3 is 0 Å². The van der Waals surface area contributed by atoms with Gasteiger partial charge in [0.1, 0.15) is 5.75 Å². The van der Waals surface area contributed by atoms with Crippen LogP contribution in [-0.4, -0.2) is 6.61 Å². The molecule has 1 heterocycles. The van der Waals surface area contributed by atoms with Crippen molar-refractivity contribution in [1.29, 1.82) is 0 Å². The van der Waals surface area contributed by atoms with Crippen LogP contribution >= 0.6 is 11.8 Å². The van der Waals surface area contributed by atoms with Crippen LogP contribution in [0.15, 0.2) is 70.5 Å². The number of hydrogen-bond acceptors (Lipinski definition) is 2. The largest absolute Gasteiger partial charge is 0.494 e. The van der Waals surface area contributed by atoms with Gasteiger partial charge in [0, 0.05) is 9.79 Å². The zero-order valence-corrected chi connectivity index (χ0v) is 19.8. The fraction of sp³-hybridized carbons (Fsp3) is 0.379. The van der Waals surface area contributed by atoms with Gasteiger partial charge in [-0.05, 0) is 71.3 Å². The van der Waals surface area contributed by atoms with Crippen molar-refractivity contribution in [2.45, 2.75) is 75.0 Å². The third-order valence-corrected chi connectivity index (χ3v) is 7.49. The molecule has 0 atom stereocenters. The number of ether oxygens (including phenoxy) is 1. The van der Waals surface area contributed by atoms with Gasteiger partial charge in [0.2, 0.25) is 0 Å². The summed E-state index contributed by atoms with van der Waals surface area (Å²) in [5, 5.41) is 0. The standard InChI is InChI=1S/C29H34OS/c1-3-5-6-7-8-11-18-30-27-16-14-23(15-17-27)25-19-22(4-2)29-26(21-25)20-24-12-9-10-13-28(24)31-29/h9-10,12-17,19,21H,3-8,11,18,20H2,1-2H3. The Labute approximate surface area is 192 Å². The van der Waals surface area contributed by atoms with Gasteiger partial charge in [-0.25, -0.2) is 0 Å². The first-order valence-corrected chi connectivity index (χ1v) is 12.7. The average molecular weight is 431 g/mol. The first-order chi connectivity index (χ1) is 15.3. The van der Waals surface area contributed by atoms with E-state index in [4.69, 9.17) is 4.74 Å². The maximum atomic E-state index is 5.97. The normalized spacial score (nSPS) is 12.3. The van der Waals surface area contributed by atoms with Gasteiger partial charge in [0.25, 0.3) is 0 Å². The van der Waals surface area contributed by atoms with Crippen molar-refractivity contribution < 1.29 is 4.74 Å². The summed E-state index contributed by atoms with van der Waals surface area (Å²) in [6.07, 6.45) is 9.86. The summed E-state index contributed by atoms with van der Waals surface area (Å²) in [5.74, 6) is 0.982. The molecule has 0 unspecified atom stereocenters. The summed E-state index contributed by atoms with van der Waals surface area (Å²) in [5.41, 5.74) is 6.95. The van der Waals surface area contributed by atoms with Crippen molar-refractivity contribution in [2.24, 2.45) is 0 Å². The molecule has 0 N–H and O–H groups in total. The van der Waals surface area contributed by atoms with Crippen LogP contribution in [0.3, 0.4) is 0 Å². The highest BCUT2D eigenvalue weighted by atomic mass is 32.2. The molecular weight excluding hydrogens is 396 g/mol. The van der Waals surface area contributed by atoms with Crippen LogP contribution in [-0.2, 0) is 12.8 Å². The third kappa shape index (κ3) is 5.54. The van der Waals surface area contributed by atoms with E-state index in [0.717, 1.165) is 31.6 Å². The first kappa shape index (κ1) is 22.0. The number of benzene rings is 3. The molecule has 1 nitrogen and oxygen atoms in total. The van der Waals surface area contributed by atoms with Crippen molar-refractivity contribution in [1.82, 2.24) is 0 Å². The quantitative estimate of drug-likeness (QED) is 0.233. The number of fused-ring (bicyclic) bond motifs is 2. The van der Waals surface area contributed by atoms with E-state index in [1.807, 2.05) is 11.8 Å². The second kappa shape index (κ2) is 10.9. The van der Waals surface area contributed by atoms with Crippen molar-refractivity contribution in [3.63, 3.8) is 0 Å². The molecule has 0 aromatic heterocycles. The molecule has 1 aliphatic heterocycles. The topological polar surface area (TPSA) is 9.23 Å². The minimum Gasteiger partial charge on any atom is -0.494 e. The Morgan fingerprint density at radius 1 is 0.774 bits per heavy atom. The highest BCUT2D eigenvalue weighted by molar-refractivity contribution is 7.99. The third-order valence-electron chi connectivity index (χ3n) is 6.14. The predicted octanol–water partition coefficient (Wildman–Crippen LogP) is 8.71. The zero-order chi connectivity index (χ0) is 21.5. The summed E-state index contributed by atoms with van der Waals surface area (Å²) >= 11 is 1.94. The summed E-state index contributed by atoms with van der Waals surface area (Å²) < 4.78 is 5.97. The highest BCUT2D eigenvalue weighted by Crippen LogP contribution is 2.43. The number of rotatable bonds is 10. The van der Waals surface area contributed by atoms with E-state index < -0.39 is 0 Å². The van der Waals surface area contributed by atoms with Crippen molar-refractivity contribution in [3.05, 3.63) is 77.4 Å². The molecule has 0 bridgehead atoms. The Morgan fingerprint density at radius 3 is 2.35 bits per heavy atom. The second-order valence-corrected chi connectivity index (χ2v) is 9.56. The highest BCUT2D eigenvalue weighted by Gasteiger charge is 2.19. The summed E-state index contributed by atoms with van der Waals surface area (Å²) in [7, 11) is 0. The minimum atomic E-state index is 0.820. The van der Waals surface area contributed by atoms with Crippen LogP contribution in [0.1, 0.15) is 69.1 Å². The number of hydrogen-bond donors (Lipinski definition) is 0. The molecule has 162 valence electrons. The smallest absolute Gasteiger partial charge is 0.119 e. The SMILES string of the molecule is CCCCCCCCOc1ccc(-c2cc(CC)c3c(c2)Cc2ccccc2S3)cc1. The molecule has 4 rings (SSSR count). The van der Waals surface area contributed by atoms with Gasteiger partial charge in [-0.2, -0.15) is 0 Å². The van der Waals surface area contributed by atoms with Crippen LogP contribution < -0.4 is 4.74 Å². The minimum absolute atomic E-state index is 0.820. The lowest BCUT2D eigenvalue weighted by Crippen LogP contribution is -2.03. The molecule has 0 aliphatic carbocycles. The van der Waals surface area contributed by atoms with Crippen LogP contribution in [0, 0.1) is 0 Å². The van der Waals surface area contributed by atoms with E-state index in [2.05, 4.69) is 74.5 Å². The van der Waals surface area contributed by atoms with Crippen molar-refractivity contribution in [2.75, 3.05) is 6.61 Å². The lowest BCUT2D eigenvalue weighted by molar-refractivity contribution is 0.304. The van der Waals surface area contributed by atoms with Gasteiger partial charge < -0.3 is 4.74 Å². The number of aryl methyl sites for hydroxylation is 1. The maximum Gasteiger partial charge on any atom is 0.119 e. The van der Waals surface area contributed by atoms with E-state index in [-0.39, 0.29) is 0 Å². The molecule has 0 spiro atoms. The fourth-order valence-electron chi connectivity index (χ4n) is 4.33. The lowest BCUT2D eigenvalue weighted by atomic mass is 9.95. The molecule has 3 aromatic carbocycles. The van der Waals surface area contributed by atoms with E-state index in [1.165, 1.54) is 69.7 Å². The van der Waals surface area contributed by atoms with Crippen molar-refractivity contribution in [3.8, 4) is 16.9 Å². The first-order valence-electron chi connectivity index (χ1n) is 11.9. The fourth-order valence-corrected chi connectivity index (χ4v) is 5.56. The van der Waals surface area contributed by atoms with Gasteiger partial charge in [-0.1, -0.05) is 94.1 Å².